The molecule has 0 bridgehead atoms. The van der Waals surface area contributed by atoms with Gasteiger partial charge in [0.1, 0.15) is 17.7 Å². The zero-order valence-electron chi connectivity index (χ0n) is 25.4. The lowest BCUT2D eigenvalue weighted by Crippen LogP contribution is -2.40. The van der Waals surface area contributed by atoms with Gasteiger partial charge in [-0.2, -0.15) is 0 Å². The van der Waals surface area contributed by atoms with Gasteiger partial charge in [-0.1, -0.05) is 33.6 Å². The van der Waals surface area contributed by atoms with Gasteiger partial charge in [0.15, 0.2) is 0 Å². The fourth-order valence-electron chi connectivity index (χ4n) is 1.78. The van der Waals surface area contributed by atoms with E-state index in [9.17, 15) is 19.2 Å². The normalized spacial score (nSPS) is 10.2. The Balaban J connectivity index is -0.000000534. The van der Waals surface area contributed by atoms with Crippen LogP contribution in [0.5, 0.6) is 0 Å². The van der Waals surface area contributed by atoms with Gasteiger partial charge in [-0.25, -0.2) is 14.7 Å². The Morgan fingerprint density at radius 2 is 1.24 bits per heavy atom. The highest BCUT2D eigenvalue weighted by molar-refractivity contribution is 5.98. The van der Waals surface area contributed by atoms with Crippen molar-refractivity contribution in [2.75, 3.05) is 27.2 Å². The molecule has 0 saturated carbocycles. The summed E-state index contributed by atoms with van der Waals surface area (Å²) < 4.78 is 9.92. The van der Waals surface area contributed by atoms with Crippen molar-refractivity contribution in [1.29, 1.82) is 0 Å². The molecule has 0 aromatic heterocycles. The van der Waals surface area contributed by atoms with Crippen molar-refractivity contribution < 1.29 is 33.5 Å². The van der Waals surface area contributed by atoms with Gasteiger partial charge < -0.3 is 20.1 Å². The van der Waals surface area contributed by atoms with Crippen LogP contribution < -0.4 is 10.6 Å². The van der Waals surface area contributed by atoms with Crippen LogP contribution in [-0.4, -0.2) is 67.4 Å². The summed E-state index contributed by atoms with van der Waals surface area (Å²) in [5, 5.41) is 5.71. The summed E-state index contributed by atoms with van der Waals surface area (Å²) in [6.07, 6.45) is 5.34. The first kappa shape index (κ1) is 39.3. The van der Waals surface area contributed by atoms with Crippen LogP contribution >= 0.6 is 0 Å². The number of terminal acetylenes is 1. The van der Waals surface area contributed by atoms with E-state index >= 15 is 0 Å². The first-order chi connectivity index (χ1) is 17.2. The third-order valence-corrected chi connectivity index (χ3v) is 3.46. The minimum Gasteiger partial charge on any atom is -0.444 e. The second kappa shape index (κ2) is 20.8. The highest BCUT2D eigenvalue weighted by atomic mass is 16.7. The average molecular weight is 540 g/mol. The van der Waals surface area contributed by atoms with Crippen LogP contribution in [0.25, 0.3) is 0 Å². The molecule has 38 heavy (non-hydrogen) atoms. The maximum atomic E-state index is 11.3. The number of alkyl carbamates (subject to hydrolysis) is 2. The number of amides is 3. The number of rotatable bonds is 7. The quantitative estimate of drug-likeness (QED) is 0.280. The van der Waals surface area contributed by atoms with Crippen molar-refractivity contribution in [2.24, 2.45) is 11.8 Å². The molecule has 0 heterocycles. The van der Waals surface area contributed by atoms with Gasteiger partial charge in [-0.05, 0) is 59.3 Å². The number of Topliss-reactive ketones (excluding diaryl/α,β-unsaturated/α-hetero) is 1. The number of ether oxygens (including phenoxy) is 2. The van der Waals surface area contributed by atoms with Crippen molar-refractivity contribution >= 4 is 23.9 Å². The van der Waals surface area contributed by atoms with Crippen LogP contribution in [0, 0.1) is 36.0 Å². The van der Waals surface area contributed by atoms with Crippen molar-refractivity contribution in [3.05, 3.63) is 0 Å². The van der Waals surface area contributed by atoms with E-state index in [0.29, 0.717) is 18.3 Å². The zero-order chi connectivity index (χ0) is 30.5. The zero-order valence-corrected chi connectivity index (χ0v) is 25.4. The van der Waals surface area contributed by atoms with E-state index in [-0.39, 0.29) is 24.8 Å². The Morgan fingerprint density at radius 3 is 1.55 bits per heavy atom. The first-order valence-corrected chi connectivity index (χ1v) is 12.4. The van der Waals surface area contributed by atoms with E-state index in [4.69, 9.17) is 15.9 Å². The van der Waals surface area contributed by atoms with Crippen molar-refractivity contribution in [2.45, 2.75) is 93.3 Å². The molecule has 0 aliphatic carbocycles. The smallest absolute Gasteiger partial charge is 0.408 e. The van der Waals surface area contributed by atoms with Crippen LogP contribution in [0.2, 0.25) is 0 Å². The minimum atomic E-state index is -0.625. The van der Waals surface area contributed by atoms with Crippen LogP contribution in [0.15, 0.2) is 0 Å². The average Bonchev–Trinajstić information content (AvgIpc) is 2.73. The fraction of sp³-hybridized carbons (Fsp3) is 0.714. The van der Waals surface area contributed by atoms with Crippen LogP contribution in [0.1, 0.15) is 82.1 Å². The number of likely N-dealkylation sites (N-methyl/N-ethyl adjacent to an activating group) is 1. The second-order valence-electron chi connectivity index (χ2n) is 10.9. The minimum absolute atomic E-state index is 0.111. The molecule has 0 radical (unpaired) electrons. The lowest BCUT2D eigenvalue weighted by Gasteiger charge is -2.20. The lowest BCUT2D eigenvalue weighted by molar-refractivity contribution is -0.167. The maximum absolute atomic E-state index is 11.3. The molecule has 0 spiro atoms. The first-order valence-electron chi connectivity index (χ1n) is 12.4. The Hall–Kier alpha value is -3.24. The fourth-order valence-corrected chi connectivity index (χ4v) is 1.78. The van der Waals surface area contributed by atoms with Gasteiger partial charge in [-0.15, -0.1) is 12.3 Å². The Labute approximate surface area is 229 Å². The number of nitrogens with one attached hydrogen (secondary N) is 2. The van der Waals surface area contributed by atoms with Gasteiger partial charge in [0.25, 0.3) is 5.91 Å². The number of hydrogen-bond acceptors (Lipinski definition) is 7. The Bertz CT molecular complexity index is 821. The molecule has 0 rings (SSSR count). The van der Waals surface area contributed by atoms with Gasteiger partial charge in [0.2, 0.25) is 5.78 Å². The van der Waals surface area contributed by atoms with Crippen LogP contribution in [0.3, 0.4) is 0 Å². The topological polar surface area (TPSA) is 123 Å². The van der Waals surface area contributed by atoms with Gasteiger partial charge in [0.05, 0.1) is 13.7 Å². The van der Waals surface area contributed by atoms with Crippen LogP contribution in [0.4, 0.5) is 9.59 Å². The van der Waals surface area contributed by atoms with E-state index < -0.39 is 23.4 Å². The number of carbonyl (C=O) groups excluding carboxylic acids is 4. The second-order valence-corrected chi connectivity index (χ2v) is 10.9. The summed E-state index contributed by atoms with van der Waals surface area (Å²) in [6.45, 7) is 18.5. The molecule has 0 saturated heterocycles. The van der Waals surface area contributed by atoms with E-state index in [1.807, 2.05) is 13.8 Å². The predicted molar refractivity (Wildman–Crippen MR) is 149 cm³/mol. The number of carbonyl (C=O) groups is 4. The van der Waals surface area contributed by atoms with Crippen molar-refractivity contribution in [3.63, 3.8) is 0 Å². The molecule has 218 valence electrons. The molecule has 10 nitrogen and oxygen atoms in total. The number of hydrogen-bond donors (Lipinski definition) is 2. The highest BCUT2D eigenvalue weighted by Crippen LogP contribution is 2.06. The number of hydroxylamine groups is 2. The van der Waals surface area contributed by atoms with E-state index in [1.54, 1.807) is 41.5 Å². The third-order valence-electron chi connectivity index (χ3n) is 3.46. The summed E-state index contributed by atoms with van der Waals surface area (Å²) in [6, 6.07) is 0. The molecular weight excluding hydrogens is 490 g/mol. The molecule has 0 aliphatic heterocycles. The van der Waals surface area contributed by atoms with Gasteiger partial charge >= 0.3 is 12.2 Å². The molecule has 0 aromatic rings. The molecule has 0 aliphatic rings. The third kappa shape index (κ3) is 32.8. The molecule has 0 unspecified atom stereocenters. The lowest BCUT2D eigenvalue weighted by atomic mass is 10.1. The maximum Gasteiger partial charge on any atom is 0.408 e. The van der Waals surface area contributed by atoms with Gasteiger partial charge in [-0.3, -0.25) is 14.4 Å². The largest absolute Gasteiger partial charge is 0.444 e. The monoisotopic (exact) mass is 539 g/mol. The SMILES string of the molecule is C#CCC(C)C.CC(C)CC#CC(=O)CNC(=O)OC(C)(C)C.CON(C)C(=O)CNC(=O)OC(C)(C)C. The molecule has 3 amide bonds. The van der Waals surface area contributed by atoms with E-state index in [2.05, 4.69) is 47.1 Å². The molecule has 0 fully saturated rings. The standard InChI is InChI=1S/C13H21NO3.C9H18N2O4.C6H10/c1-10(2)7-6-8-11(15)9-14-12(16)17-13(3,4)5;1-9(2,3)15-8(13)10-6-7(12)11(4)14-5;1-4-5-6(2)3/h10H,7,9H2,1-5H3,(H,14,16);6H2,1-5H3,(H,10,13);1,6H,5H2,2-3H3. The van der Waals surface area contributed by atoms with E-state index in [1.165, 1.54) is 14.2 Å². The molecular formula is C28H49N3O7. The summed E-state index contributed by atoms with van der Waals surface area (Å²) in [5.74, 6) is 8.24. The summed E-state index contributed by atoms with van der Waals surface area (Å²) >= 11 is 0. The molecule has 10 heteroatoms. The van der Waals surface area contributed by atoms with Gasteiger partial charge in [0, 0.05) is 19.9 Å². The van der Waals surface area contributed by atoms with E-state index in [0.717, 1.165) is 11.5 Å². The van der Waals surface area contributed by atoms with Crippen molar-refractivity contribution in [1.82, 2.24) is 15.7 Å². The summed E-state index contributed by atoms with van der Waals surface area (Å²) in [4.78, 5) is 49.4. The highest BCUT2D eigenvalue weighted by Gasteiger charge is 2.18. The predicted octanol–water partition coefficient (Wildman–Crippen LogP) is 4.33. The molecule has 0 atom stereocenters. The van der Waals surface area contributed by atoms with Crippen molar-refractivity contribution in [3.8, 4) is 24.2 Å². The summed E-state index contributed by atoms with van der Waals surface area (Å²) in [7, 11) is 2.82. The molecule has 2 N–H and O–H groups in total. The Kier molecular flexibility index (Phi) is 21.5. The number of nitrogens with zero attached hydrogens (tertiary/aromatic N) is 1. The summed E-state index contributed by atoms with van der Waals surface area (Å²) in [5.41, 5.74) is -1.13. The Morgan fingerprint density at radius 1 is 0.816 bits per heavy atom. The molecule has 0 aromatic carbocycles. The van der Waals surface area contributed by atoms with Crippen LogP contribution in [-0.2, 0) is 23.9 Å². The number of ketones is 1.